The molecule has 13 nitrogen and oxygen atoms in total. The summed E-state index contributed by atoms with van der Waals surface area (Å²) in [6.07, 6.45) is 15.7. The van der Waals surface area contributed by atoms with E-state index in [1.54, 1.807) is 0 Å². The van der Waals surface area contributed by atoms with Crippen LogP contribution in [0, 0.1) is 0 Å². The molecule has 0 aromatic heterocycles. The van der Waals surface area contributed by atoms with Gasteiger partial charge >= 0.3 is 19.8 Å². The summed E-state index contributed by atoms with van der Waals surface area (Å²) in [5.41, 5.74) is 0. The second-order valence-electron chi connectivity index (χ2n) is 14.5. The molecule has 1 fully saturated rings. The van der Waals surface area contributed by atoms with E-state index in [-0.39, 0.29) is 12.8 Å². The molecule has 0 heterocycles. The van der Waals surface area contributed by atoms with Crippen LogP contribution in [0.1, 0.15) is 168 Å². The summed E-state index contributed by atoms with van der Waals surface area (Å²) in [5, 5.41) is 49.9. The van der Waals surface area contributed by atoms with Crippen molar-refractivity contribution in [1.82, 2.24) is 0 Å². The van der Waals surface area contributed by atoms with E-state index in [1.165, 1.54) is 64.2 Å². The van der Waals surface area contributed by atoms with Gasteiger partial charge in [-0.05, 0) is 32.1 Å². The van der Waals surface area contributed by atoms with Gasteiger partial charge in [-0.2, -0.15) is 0 Å². The summed E-state index contributed by atoms with van der Waals surface area (Å²) >= 11 is 0. The quantitative estimate of drug-likeness (QED) is 0.0177. The number of phosphoric ester groups is 1. The Kier molecular flexibility index (Phi) is 28.8. The standard InChI is InChI=1S/C39H73O13P/c1-3-5-7-9-11-13-15-16-18-20-22-24-26-28-33(41)51-31(29-49-32(40)27-25-23-21-19-17-14-12-10-8-6-4-2)30-50-53(47,48)52-39-37(45)35(43)34(42)36(44)38(39)46/h10,12,31,34-39,42-46H,3-9,11,13-30H2,1-2H3,(H,47,48)/b12-10-/t31-,34?,35-,36?,37?,38?,39?/m1/s1. The number of hydrogen-bond acceptors (Lipinski definition) is 12. The fraction of sp³-hybridized carbons (Fsp3) is 0.897. The van der Waals surface area contributed by atoms with Gasteiger partial charge in [0.2, 0.25) is 0 Å². The number of ether oxygens (including phenoxy) is 2. The summed E-state index contributed by atoms with van der Waals surface area (Å²) in [6, 6.07) is 0. The molecular formula is C39H73O13P. The molecule has 0 aromatic carbocycles. The third-order valence-corrected chi connectivity index (χ3v) is 10.6. The number of carbonyl (C=O) groups is 2. The van der Waals surface area contributed by atoms with Crippen molar-refractivity contribution in [3.63, 3.8) is 0 Å². The van der Waals surface area contributed by atoms with E-state index in [4.69, 9.17) is 18.5 Å². The van der Waals surface area contributed by atoms with E-state index in [9.17, 15) is 44.6 Å². The molecule has 8 atom stereocenters. The van der Waals surface area contributed by atoms with Crippen LogP contribution in [0.2, 0.25) is 0 Å². The lowest BCUT2D eigenvalue weighted by molar-refractivity contribution is -0.220. The topological polar surface area (TPSA) is 210 Å². The lowest BCUT2D eigenvalue weighted by Crippen LogP contribution is -2.64. The first kappa shape index (κ1) is 49.6. The molecule has 53 heavy (non-hydrogen) atoms. The van der Waals surface area contributed by atoms with E-state index in [1.807, 2.05) is 0 Å². The first-order valence-electron chi connectivity index (χ1n) is 20.5. The maximum atomic E-state index is 12.7. The number of unbranched alkanes of at least 4 members (excludes halogenated alkanes) is 19. The molecule has 14 heteroatoms. The normalized spacial score (nSPS) is 23.5. The lowest BCUT2D eigenvalue weighted by Gasteiger charge is -2.41. The Bertz CT molecular complexity index is 996. The van der Waals surface area contributed by atoms with Gasteiger partial charge in [0, 0.05) is 12.8 Å². The Hall–Kier alpha value is -1.41. The summed E-state index contributed by atoms with van der Waals surface area (Å²) < 4.78 is 33.3. The van der Waals surface area contributed by atoms with Crippen molar-refractivity contribution in [2.75, 3.05) is 13.2 Å². The number of allylic oxidation sites excluding steroid dienone is 2. The predicted molar refractivity (Wildman–Crippen MR) is 203 cm³/mol. The van der Waals surface area contributed by atoms with Crippen LogP contribution in [0.25, 0.3) is 0 Å². The van der Waals surface area contributed by atoms with Crippen molar-refractivity contribution in [3.8, 4) is 0 Å². The number of esters is 2. The summed E-state index contributed by atoms with van der Waals surface area (Å²) in [4.78, 5) is 35.5. The highest BCUT2D eigenvalue weighted by Gasteiger charge is 2.51. The van der Waals surface area contributed by atoms with Crippen molar-refractivity contribution in [2.24, 2.45) is 0 Å². The third kappa shape index (κ3) is 24.0. The summed E-state index contributed by atoms with van der Waals surface area (Å²) in [7, 11) is -5.11. The fourth-order valence-corrected chi connectivity index (χ4v) is 7.18. The number of aliphatic hydroxyl groups is 5. The minimum absolute atomic E-state index is 0.0998. The Morgan fingerprint density at radius 1 is 0.566 bits per heavy atom. The van der Waals surface area contributed by atoms with Crippen molar-refractivity contribution >= 4 is 19.8 Å². The fourth-order valence-electron chi connectivity index (χ4n) is 6.21. The highest BCUT2D eigenvalue weighted by atomic mass is 31.2. The van der Waals surface area contributed by atoms with Crippen molar-refractivity contribution in [1.29, 1.82) is 0 Å². The van der Waals surface area contributed by atoms with Crippen LogP contribution in [0.4, 0.5) is 0 Å². The molecule has 0 aliphatic heterocycles. The molecule has 0 saturated heterocycles. The predicted octanol–water partition coefficient (Wildman–Crippen LogP) is 6.72. The average Bonchev–Trinajstić information content (AvgIpc) is 3.13. The second kappa shape index (κ2) is 30.8. The Morgan fingerprint density at radius 2 is 0.981 bits per heavy atom. The molecule has 1 rings (SSSR count). The first-order valence-corrected chi connectivity index (χ1v) is 22.0. The maximum Gasteiger partial charge on any atom is 0.472 e. The van der Waals surface area contributed by atoms with E-state index in [0.717, 1.165) is 64.2 Å². The molecule has 0 amide bonds. The van der Waals surface area contributed by atoms with Crippen molar-refractivity contribution in [3.05, 3.63) is 12.2 Å². The van der Waals surface area contributed by atoms with Crippen LogP contribution >= 0.6 is 7.82 Å². The average molecular weight is 781 g/mol. The highest BCUT2D eigenvalue weighted by Crippen LogP contribution is 2.47. The first-order chi connectivity index (χ1) is 25.4. The molecule has 1 aliphatic rings. The second-order valence-corrected chi connectivity index (χ2v) is 15.9. The molecule has 6 unspecified atom stereocenters. The Balaban J connectivity index is 2.52. The lowest BCUT2D eigenvalue weighted by atomic mass is 9.85. The highest BCUT2D eigenvalue weighted by molar-refractivity contribution is 7.47. The number of phosphoric acid groups is 1. The van der Waals surface area contributed by atoms with Crippen LogP contribution in [0.3, 0.4) is 0 Å². The summed E-state index contributed by atoms with van der Waals surface area (Å²) in [6.45, 7) is 3.23. The third-order valence-electron chi connectivity index (χ3n) is 9.61. The van der Waals surface area contributed by atoms with Crippen LogP contribution in [0.15, 0.2) is 12.2 Å². The van der Waals surface area contributed by atoms with Gasteiger partial charge in [-0.3, -0.25) is 18.6 Å². The van der Waals surface area contributed by atoms with Crippen LogP contribution < -0.4 is 0 Å². The van der Waals surface area contributed by atoms with Gasteiger partial charge in [-0.15, -0.1) is 0 Å². The number of hydrogen-bond donors (Lipinski definition) is 6. The largest absolute Gasteiger partial charge is 0.472 e. The van der Waals surface area contributed by atoms with E-state index < -0.39 is 75.7 Å². The zero-order chi connectivity index (χ0) is 39.3. The SMILES string of the molecule is CCCC/C=C\CCCCCCCC(=O)OC[C@H](COP(=O)(O)OC1C(O)C(O)C(O)[C@@H](O)C1O)OC(=O)CCCCCCCCCCCCCCC. The number of carbonyl (C=O) groups excluding carboxylic acids is 2. The molecule has 312 valence electrons. The smallest absolute Gasteiger partial charge is 0.462 e. The van der Waals surface area contributed by atoms with Crippen molar-refractivity contribution < 1.29 is 63.1 Å². The molecule has 0 spiro atoms. The monoisotopic (exact) mass is 780 g/mol. The molecule has 0 bridgehead atoms. The molecular weight excluding hydrogens is 707 g/mol. The van der Waals surface area contributed by atoms with Gasteiger partial charge in [-0.25, -0.2) is 4.57 Å². The zero-order valence-corrected chi connectivity index (χ0v) is 33.5. The molecule has 1 aliphatic carbocycles. The maximum absolute atomic E-state index is 12.7. The Morgan fingerprint density at radius 3 is 1.49 bits per heavy atom. The summed E-state index contributed by atoms with van der Waals surface area (Å²) in [5.74, 6) is -1.11. The van der Waals surface area contributed by atoms with E-state index in [0.29, 0.717) is 12.8 Å². The molecule has 0 radical (unpaired) electrons. The minimum Gasteiger partial charge on any atom is -0.462 e. The van der Waals surface area contributed by atoms with Crippen LogP contribution in [0.5, 0.6) is 0 Å². The van der Waals surface area contributed by atoms with Gasteiger partial charge in [0.15, 0.2) is 6.10 Å². The van der Waals surface area contributed by atoms with Crippen LogP contribution in [-0.4, -0.2) is 98.3 Å². The van der Waals surface area contributed by atoms with Gasteiger partial charge in [-0.1, -0.05) is 135 Å². The zero-order valence-electron chi connectivity index (χ0n) is 32.6. The van der Waals surface area contributed by atoms with Gasteiger partial charge in [0.25, 0.3) is 0 Å². The number of rotatable bonds is 33. The van der Waals surface area contributed by atoms with E-state index >= 15 is 0 Å². The van der Waals surface area contributed by atoms with Gasteiger partial charge in [0.1, 0.15) is 43.2 Å². The molecule has 0 aromatic rings. The number of aliphatic hydroxyl groups excluding tert-OH is 5. The van der Waals surface area contributed by atoms with Crippen molar-refractivity contribution in [2.45, 2.75) is 211 Å². The molecule has 1 saturated carbocycles. The minimum atomic E-state index is -5.11. The van der Waals surface area contributed by atoms with E-state index in [2.05, 4.69) is 26.0 Å². The Labute approximate surface area is 318 Å². The molecule has 6 N–H and O–H groups in total. The van der Waals surface area contributed by atoms with Crippen LogP contribution in [-0.2, 0) is 32.7 Å². The van der Waals surface area contributed by atoms with Gasteiger partial charge in [0.05, 0.1) is 6.61 Å². The van der Waals surface area contributed by atoms with Gasteiger partial charge < -0.3 is 39.9 Å².